The van der Waals surface area contributed by atoms with Crippen molar-refractivity contribution in [3.8, 4) is 0 Å². The number of aromatic nitrogens is 2. The average Bonchev–Trinajstić information content (AvgIpc) is 2.77. The zero-order valence-corrected chi connectivity index (χ0v) is 11.6. The molecule has 1 aromatic rings. The van der Waals surface area contributed by atoms with Gasteiger partial charge in [-0.25, -0.2) is 4.98 Å². The van der Waals surface area contributed by atoms with Crippen molar-refractivity contribution >= 4 is 5.91 Å². The number of hydrogen-bond acceptors (Lipinski definition) is 3. The Kier molecular flexibility index (Phi) is 6.43. The van der Waals surface area contributed by atoms with Crippen LogP contribution in [0, 0.1) is 0 Å². The molecule has 1 N–H and O–H groups in total. The zero-order valence-electron chi connectivity index (χ0n) is 11.6. The molecule has 0 saturated carbocycles. The first-order chi connectivity index (χ1) is 8.65. The molecule has 18 heavy (non-hydrogen) atoms. The quantitative estimate of drug-likeness (QED) is 0.708. The van der Waals surface area contributed by atoms with E-state index in [1.807, 2.05) is 12.4 Å². The Hall–Kier alpha value is -1.36. The molecule has 0 atom stereocenters. The molecule has 0 fully saturated rings. The minimum Gasteiger partial charge on any atom is -0.349 e. The predicted octanol–water partition coefficient (Wildman–Crippen LogP) is 1.25. The number of nitrogens with zero attached hydrogens (tertiary/aromatic N) is 3. The first-order valence-electron chi connectivity index (χ1n) is 6.56. The Morgan fingerprint density at radius 1 is 1.50 bits per heavy atom. The van der Waals surface area contributed by atoms with Crippen molar-refractivity contribution in [3.63, 3.8) is 0 Å². The van der Waals surface area contributed by atoms with E-state index in [1.165, 1.54) is 0 Å². The molecule has 0 aromatic carbocycles. The molecule has 1 rings (SSSR count). The van der Waals surface area contributed by atoms with Gasteiger partial charge in [-0.1, -0.05) is 6.92 Å². The van der Waals surface area contributed by atoms with E-state index in [4.69, 9.17) is 0 Å². The third kappa shape index (κ3) is 4.87. The Bertz CT molecular complexity index is 360. The number of carbonyl (C=O) groups excluding carboxylic acids is 1. The molecule has 0 spiro atoms. The standard InChI is InChI=1S/C13H24N4O/c1-4-7-14-11-12-15-8-10-17(12)9-5-6-13(18)16(2)3/h8,10,14H,4-7,9,11H2,1-3H3. The van der Waals surface area contributed by atoms with Crippen LogP contribution in [0.4, 0.5) is 0 Å². The summed E-state index contributed by atoms with van der Waals surface area (Å²) in [4.78, 5) is 17.4. The Balaban J connectivity index is 2.33. The van der Waals surface area contributed by atoms with Gasteiger partial charge in [0.25, 0.3) is 0 Å². The molecule has 1 heterocycles. The summed E-state index contributed by atoms with van der Waals surface area (Å²) in [5, 5.41) is 3.34. The number of imidazole rings is 1. The van der Waals surface area contributed by atoms with Gasteiger partial charge >= 0.3 is 0 Å². The van der Waals surface area contributed by atoms with E-state index in [-0.39, 0.29) is 5.91 Å². The van der Waals surface area contributed by atoms with Gasteiger partial charge in [0.2, 0.25) is 5.91 Å². The lowest BCUT2D eigenvalue weighted by atomic mass is 10.3. The number of carbonyl (C=O) groups is 1. The maximum absolute atomic E-state index is 11.5. The highest BCUT2D eigenvalue weighted by molar-refractivity contribution is 5.75. The van der Waals surface area contributed by atoms with E-state index in [0.717, 1.165) is 38.3 Å². The smallest absolute Gasteiger partial charge is 0.222 e. The van der Waals surface area contributed by atoms with Crippen molar-refractivity contribution in [3.05, 3.63) is 18.2 Å². The monoisotopic (exact) mass is 252 g/mol. The molecule has 0 saturated heterocycles. The predicted molar refractivity (Wildman–Crippen MR) is 72.2 cm³/mol. The van der Waals surface area contributed by atoms with E-state index in [0.29, 0.717) is 6.42 Å². The Morgan fingerprint density at radius 3 is 2.94 bits per heavy atom. The molecule has 1 amide bonds. The zero-order chi connectivity index (χ0) is 13.4. The SMILES string of the molecule is CCCNCc1nccn1CCCC(=O)N(C)C. The van der Waals surface area contributed by atoms with Gasteiger partial charge in [-0.2, -0.15) is 0 Å². The third-order valence-corrected chi connectivity index (χ3v) is 2.80. The van der Waals surface area contributed by atoms with Crippen LogP contribution in [0.25, 0.3) is 0 Å². The fraction of sp³-hybridized carbons (Fsp3) is 0.692. The van der Waals surface area contributed by atoms with Gasteiger partial charge in [0.05, 0.1) is 6.54 Å². The highest BCUT2D eigenvalue weighted by atomic mass is 16.2. The average molecular weight is 252 g/mol. The second-order valence-corrected chi connectivity index (χ2v) is 4.61. The minimum atomic E-state index is 0.181. The van der Waals surface area contributed by atoms with Crippen molar-refractivity contribution in [2.75, 3.05) is 20.6 Å². The van der Waals surface area contributed by atoms with Gasteiger partial charge in [0, 0.05) is 39.5 Å². The van der Waals surface area contributed by atoms with E-state index in [2.05, 4.69) is 21.8 Å². The van der Waals surface area contributed by atoms with Crippen LogP contribution in [-0.4, -0.2) is 41.0 Å². The lowest BCUT2D eigenvalue weighted by molar-refractivity contribution is -0.128. The molecule has 0 unspecified atom stereocenters. The Morgan fingerprint density at radius 2 is 2.28 bits per heavy atom. The van der Waals surface area contributed by atoms with E-state index >= 15 is 0 Å². The molecular formula is C13H24N4O. The summed E-state index contributed by atoms with van der Waals surface area (Å²) in [5.74, 6) is 1.22. The van der Waals surface area contributed by atoms with E-state index in [1.54, 1.807) is 19.0 Å². The number of amides is 1. The van der Waals surface area contributed by atoms with Crippen molar-refractivity contribution in [2.45, 2.75) is 39.3 Å². The minimum absolute atomic E-state index is 0.181. The summed E-state index contributed by atoms with van der Waals surface area (Å²) in [6.07, 6.45) is 6.36. The molecule has 0 radical (unpaired) electrons. The highest BCUT2D eigenvalue weighted by Crippen LogP contribution is 2.02. The fourth-order valence-corrected chi connectivity index (χ4v) is 1.71. The second-order valence-electron chi connectivity index (χ2n) is 4.61. The summed E-state index contributed by atoms with van der Waals surface area (Å²) >= 11 is 0. The van der Waals surface area contributed by atoms with Crippen LogP contribution >= 0.6 is 0 Å². The van der Waals surface area contributed by atoms with E-state index < -0.39 is 0 Å². The molecule has 0 aliphatic rings. The lowest BCUT2D eigenvalue weighted by Crippen LogP contribution is -2.22. The topological polar surface area (TPSA) is 50.2 Å². The van der Waals surface area contributed by atoms with E-state index in [9.17, 15) is 4.79 Å². The van der Waals surface area contributed by atoms with Crippen LogP contribution in [0.1, 0.15) is 32.0 Å². The molecule has 0 bridgehead atoms. The summed E-state index contributed by atoms with van der Waals surface area (Å²) in [6.45, 7) is 4.80. The molecule has 0 aliphatic heterocycles. The van der Waals surface area contributed by atoms with Gasteiger partial charge < -0.3 is 14.8 Å². The van der Waals surface area contributed by atoms with Crippen LogP contribution in [-0.2, 0) is 17.9 Å². The lowest BCUT2D eigenvalue weighted by Gasteiger charge is -2.11. The maximum Gasteiger partial charge on any atom is 0.222 e. The number of nitrogens with one attached hydrogen (secondary N) is 1. The maximum atomic E-state index is 11.5. The van der Waals surface area contributed by atoms with Gasteiger partial charge in [0.1, 0.15) is 5.82 Å². The molecule has 5 nitrogen and oxygen atoms in total. The van der Waals surface area contributed by atoms with Gasteiger partial charge in [0.15, 0.2) is 0 Å². The molecule has 1 aromatic heterocycles. The molecule has 102 valence electrons. The molecular weight excluding hydrogens is 228 g/mol. The van der Waals surface area contributed by atoms with Crippen LogP contribution in [0.15, 0.2) is 12.4 Å². The van der Waals surface area contributed by atoms with Crippen LogP contribution < -0.4 is 5.32 Å². The summed E-state index contributed by atoms with van der Waals surface area (Å²) in [7, 11) is 3.58. The molecule has 5 heteroatoms. The highest BCUT2D eigenvalue weighted by Gasteiger charge is 2.05. The number of rotatable bonds is 8. The largest absolute Gasteiger partial charge is 0.349 e. The summed E-state index contributed by atoms with van der Waals surface area (Å²) < 4.78 is 2.12. The number of hydrogen-bond donors (Lipinski definition) is 1. The van der Waals surface area contributed by atoms with Crippen LogP contribution in [0.2, 0.25) is 0 Å². The first kappa shape index (κ1) is 14.7. The van der Waals surface area contributed by atoms with Gasteiger partial charge in [-0.15, -0.1) is 0 Å². The second kappa shape index (κ2) is 7.87. The fourth-order valence-electron chi connectivity index (χ4n) is 1.71. The third-order valence-electron chi connectivity index (χ3n) is 2.80. The normalized spacial score (nSPS) is 10.6. The van der Waals surface area contributed by atoms with Crippen molar-refractivity contribution in [2.24, 2.45) is 0 Å². The number of aryl methyl sites for hydroxylation is 1. The first-order valence-corrected chi connectivity index (χ1v) is 6.56. The van der Waals surface area contributed by atoms with Crippen molar-refractivity contribution in [1.29, 1.82) is 0 Å². The van der Waals surface area contributed by atoms with Gasteiger partial charge in [-0.05, 0) is 19.4 Å². The van der Waals surface area contributed by atoms with Crippen molar-refractivity contribution < 1.29 is 4.79 Å². The summed E-state index contributed by atoms with van der Waals surface area (Å²) in [5.41, 5.74) is 0. The molecule has 0 aliphatic carbocycles. The van der Waals surface area contributed by atoms with Crippen molar-refractivity contribution in [1.82, 2.24) is 19.8 Å². The van der Waals surface area contributed by atoms with Crippen LogP contribution in [0.5, 0.6) is 0 Å². The Labute approximate surface area is 109 Å². The summed E-state index contributed by atoms with van der Waals surface area (Å²) in [6, 6.07) is 0. The van der Waals surface area contributed by atoms with Gasteiger partial charge in [-0.3, -0.25) is 4.79 Å². The van der Waals surface area contributed by atoms with Crippen LogP contribution in [0.3, 0.4) is 0 Å².